The maximum Gasteiger partial charge on any atom is 0.338 e. The van der Waals surface area contributed by atoms with Crippen molar-refractivity contribution < 1.29 is 14.3 Å². The molecule has 0 aliphatic carbocycles. The number of hydrogen-bond acceptors (Lipinski definition) is 3. The van der Waals surface area contributed by atoms with Gasteiger partial charge >= 0.3 is 12.0 Å². The molecule has 0 radical (unpaired) electrons. The molecule has 84 valence electrons. The Kier molecular flexibility index (Phi) is 2.76. The largest absolute Gasteiger partial charge is 0.465 e. The van der Waals surface area contributed by atoms with Crippen LogP contribution in [0, 0.1) is 0 Å². The molecule has 2 N–H and O–H groups in total. The SMILES string of the molecule is COC(=O)c1ccccc1[C@@H]1CNC(=O)N1. The topological polar surface area (TPSA) is 67.4 Å². The van der Waals surface area contributed by atoms with Crippen molar-refractivity contribution in [3.8, 4) is 0 Å². The number of rotatable bonds is 2. The van der Waals surface area contributed by atoms with Gasteiger partial charge < -0.3 is 15.4 Å². The Bertz CT molecular complexity index is 431. The molecule has 1 fully saturated rings. The van der Waals surface area contributed by atoms with Crippen LogP contribution in [0.25, 0.3) is 0 Å². The second-order valence-corrected chi connectivity index (χ2v) is 3.49. The molecular weight excluding hydrogens is 208 g/mol. The highest BCUT2D eigenvalue weighted by Gasteiger charge is 2.25. The highest BCUT2D eigenvalue weighted by Crippen LogP contribution is 2.20. The monoisotopic (exact) mass is 220 g/mol. The van der Waals surface area contributed by atoms with E-state index in [0.29, 0.717) is 12.1 Å². The van der Waals surface area contributed by atoms with Gasteiger partial charge in [0.05, 0.1) is 18.7 Å². The molecule has 1 saturated heterocycles. The zero-order valence-electron chi connectivity index (χ0n) is 8.82. The van der Waals surface area contributed by atoms with E-state index in [-0.39, 0.29) is 12.1 Å². The van der Waals surface area contributed by atoms with E-state index in [2.05, 4.69) is 10.6 Å². The molecule has 1 heterocycles. The van der Waals surface area contributed by atoms with Crippen LogP contribution in [0.1, 0.15) is 22.0 Å². The lowest BCUT2D eigenvalue weighted by Gasteiger charge is -2.12. The third-order valence-electron chi connectivity index (χ3n) is 2.51. The average Bonchev–Trinajstić information content (AvgIpc) is 2.75. The number of nitrogens with one attached hydrogen (secondary N) is 2. The van der Waals surface area contributed by atoms with E-state index in [1.807, 2.05) is 12.1 Å². The van der Waals surface area contributed by atoms with Crippen LogP contribution in [0.15, 0.2) is 24.3 Å². The second kappa shape index (κ2) is 4.22. The van der Waals surface area contributed by atoms with Gasteiger partial charge in [-0.2, -0.15) is 0 Å². The predicted octanol–water partition coefficient (Wildman–Crippen LogP) is 0.827. The molecule has 2 rings (SSSR count). The highest BCUT2D eigenvalue weighted by atomic mass is 16.5. The van der Waals surface area contributed by atoms with Gasteiger partial charge in [-0.3, -0.25) is 0 Å². The molecule has 0 aromatic heterocycles. The van der Waals surface area contributed by atoms with Crippen molar-refractivity contribution in [3.05, 3.63) is 35.4 Å². The summed E-state index contributed by atoms with van der Waals surface area (Å²) < 4.78 is 4.69. The Morgan fingerprint density at radius 2 is 2.19 bits per heavy atom. The Morgan fingerprint density at radius 1 is 1.44 bits per heavy atom. The molecule has 1 aromatic rings. The van der Waals surface area contributed by atoms with Gasteiger partial charge in [-0.25, -0.2) is 9.59 Å². The molecule has 1 atom stereocenters. The number of carbonyl (C=O) groups is 2. The fraction of sp³-hybridized carbons (Fsp3) is 0.273. The Morgan fingerprint density at radius 3 is 2.81 bits per heavy atom. The van der Waals surface area contributed by atoms with Gasteiger partial charge in [0.1, 0.15) is 0 Å². The van der Waals surface area contributed by atoms with Gasteiger partial charge in [0.25, 0.3) is 0 Å². The number of urea groups is 1. The highest BCUT2D eigenvalue weighted by molar-refractivity contribution is 5.91. The number of methoxy groups -OCH3 is 1. The summed E-state index contributed by atoms with van der Waals surface area (Å²) in [7, 11) is 1.34. The molecule has 0 saturated carbocycles. The van der Waals surface area contributed by atoms with Gasteiger partial charge in [-0.15, -0.1) is 0 Å². The lowest BCUT2D eigenvalue weighted by Crippen LogP contribution is -2.22. The van der Waals surface area contributed by atoms with E-state index >= 15 is 0 Å². The summed E-state index contributed by atoms with van der Waals surface area (Å²) in [6.07, 6.45) is 0. The quantitative estimate of drug-likeness (QED) is 0.725. The minimum absolute atomic E-state index is 0.178. The third-order valence-corrected chi connectivity index (χ3v) is 2.51. The van der Waals surface area contributed by atoms with Gasteiger partial charge in [-0.05, 0) is 11.6 Å². The van der Waals surface area contributed by atoms with Crippen molar-refractivity contribution in [2.75, 3.05) is 13.7 Å². The predicted molar refractivity (Wildman–Crippen MR) is 57.1 cm³/mol. The average molecular weight is 220 g/mol. The fourth-order valence-corrected chi connectivity index (χ4v) is 1.74. The summed E-state index contributed by atoms with van der Waals surface area (Å²) in [5.41, 5.74) is 1.26. The smallest absolute Gasteiger partial charge is 0.338 e. The van der Waals surface area contributed by atoms with Crippen LogP contribution in [-0.2, 0) is 4.74 Å². The number of hydrogen-bond donors (Lipinski definition) is 2. The molecule has 1 aliphatic rings. The molecule has 0 bridgehead atoms. The Balaban J connectivity index is 2.33. The molecule has 2 amide bonds. The Hall–Kier alpha value is -2.04. The van der Waals surface area contributed by atoms with Crippen molar-refractivity contribution in [2.45, 2.75) is 6.04 Å². The molecule has 5 heteroatoms. The van der Waals surface area contributed by atoms with Crippen molar-refractivity contribution in [2.24, 2.45) is 0 Å². The van der Waals surface area contributed by atoms with Gasteiger partial charge in [0.15, 0.2) is 0 Å². The maximum absolute atomic E-state index is 11.5. The number of benzene rings is 1. The third kappa shape index (κ3) is 1.84. The fourth-order valence-electron chi connectivity index (χ4n) is 1.74. The summed E-state index contributed by atoms with van der Waals surface area (Å²) >= 11 is 0. The molecule has 5 nitrogen and oxygen atoms in total. The van der Waals surface area contributed by atoms with Crippen LogP contribution in [0.5, 0.6) is 0 Å². The molecule has 1 aromatic carbocycles. The lowest BCUT2D eigenvalue weighted by atomic mass is 10.0. The molecule has 16 heavy (non-hydrogen) atoms. The van der Waals surface area contributed by atoms with Crippen LogP contribution < -0.4 is 10.6 Å². The van der Waals surface area contributed by atoms with E-state index < -0.39 is 5.97 Å². The van der Waals surface area contributed by atoms with Crippen molar-refractivity contribution in [1.82, 2.24) is 10.6 Å². The molecular formula is C11H12N2O3. The minimum atomic E-state index is -0.392. The normalized spacial score (nSPS) is 18.8. The van der Waals surface area contributed by atoms with Crippen LogP contribution >= 0.6 is 0 Å². The maximum atomic E-state index is 11.5. The molecule has 1 aliphatic heterocycles. The molecule has 0 unspecified atom stereocenters. The van der Waals surface area contributed by atoms with Crippen LogP contribution in [0.4, 0.5) is 4.79 Å². The summed E-state index contributed by atoms with van der Waals surface area (Å²) in [5, 5.41) is 5.38. The van der Waals surface area contributed by atoms with E-state index in [1.54, 1.807) is 12.1 Å². The summed E-state index contributed by atoms with van der Waals surface area (Å²) in [5.74, 6) is -0.392. The van der Waals surface area contributed by atoms with E-state index in [9.17, 15) is 9.59 Å². The van der Waals surface area contributed by atoms with Crippen molar-refractivity contribution in [1.29, 1.82) is 0 Å². The number of carbonyl (C=O) groups excluding carboxylic acids is 2. The first-order valence-corrected chi connectivity index (χ1v) is 4.94. The van der Waals surface area contributed by atoms with E-state index in [4.69, 9.17) is 4.74 Å². The first-order valence-electron chi connectivity index (χ1n) is 4.94. The van der Waals surface area contributed by atoms with Crippen LogP contribution in [0.2, 0.25) is 0 Å². The minimum Gasteiger partial charge on any atom is -0.465 e. The van der Waals surface area contributed by atoms with Gasteiger partial charge in [0, 0.05) is 6.54 Å². The summed E-state index contributed by atoms with van der Waals surface area (Å²) in [6.45, 7) is 0.479. The van der Waals surface area contributed by atoms with Gasteiger partial charge in [0.2, 0.25) is 0 Å². The van der Waals surface area contributed by atoms with Gasteiger partial charge in [-0.1, -0.05) is 18.2 Å². The Labute approximate surface area is 92.8 Å². The number of esters is 1. The first-order chi connectivity index (χ1) is 7.72. The lowest BCUT2D eigenvalue weighted by molar-refractivity contribution is 0.0598. The molecule has 0 spiro atoms. The zero-order valence-corrected chi connectivity index (χ0v) is 8.82. The number of ether oxygens (including phenoxy) is 1. The summed E-state index contributed by atoms with van der Waals surface area (Å²) in [4.78, 5) is 22.6. The van der Waals surface area contributed by atoms with Crippen molar-refractivity contribution >= 4 is 12.0 Å². The van der Waals surface area contributed by atoms with E-state index in [0.717, 1.165) is 5.56 Å². The zero-order chi connectivity index (χ0) is 11.5. The summed E-state index contributed by atoms with van der Waals surface area (Å²) in [6, 6.07) is 6.69. The van der Waals surface area contributed by atoms with Crippen LogP contribution in [-0.4, -0.2) is 25.7 Å². The second-order valence-electron chi connectivity index (χ2n) is 3.49. The van der Waals surface area contributed by atoms with Crippen molar-refractivity contribution in [3.63, 3.8) is 0 Å². The van der Waals surface area contributed by atoms with E-state index in [1.165, 1.54) is 7.11 Å². The van der Waals surface area contributed by atoms with Crippen LogP contribution in [0.3, 0.4) is 0 Å². The first kappa shape index (κ1) is 10.5. The standard InChI is InChI=1S/C11H12N2O3/c1-16-10(14)8-5-3-2-4-7(8)9-6-12-11(15)13-9/h2-5,9H,6H2,1H3,(H2,12,13,15)/t9-/m0/s1. The number of amides is 2.